The van der Waals surface area contributed by atoms with Gasteiger partial charge in [0.2, 0.25) is 5.91 Å². The van der Waals surface area contributed by atoms with Crippen LogP contribution in [0.2, 0.25) is 0 Å². The van der Waals surface area contributed by atoms with Crippen LogP contribution in [0.15, 0.2) is 30.3 Å². The van der Waals surface area contributed by atoms with Crippen LogP contribution in [0.5, 0.6) is 0 Å². The van der Waals surface area contributed by atoms with Gasteiger partial charge in [0.05, 0.1) is 12.0 Å². The minimum Gasteiger partial charge on any atom is -0.455 e. The number of benzene rings is 1. The molecule has 1 fully saturated rings. The highest BCUT2D eigenvalue weighted by Gasteiger charge is 2.37. The van der Waals surface area contributed by atoms with Gasteiger partial charge in [-0.3, -0.25) is 14.4 Å². The van der Waals surface area contributed by atoms with E-state index in [1.54, 1.807) is 4.90 Å². The Morgan fingerprint density at radius 3 is 2.67 bits per heavy atom. The summed E-state index contributed by atoms with van der Waals surface area (Å²) in [6, 6.07) is 9.50. The zero-order valence-corrected chi connectivity index (χ0v) is 11.8. The number of nitrogens with zero attached hydrogens (tertiary/aromatic N) is 1. The highest BCUT2D eigenvalue weighted by atomic mass is 16.5. The first-order chi connectivity index (χ1) is 9.99. The van der Waals surface area contributed by atoms with Gasteiger partial charge in [-0.1, -0.05) is 30.3 Å². The summed E-state index contributed by atoms with van der Waals surface area (Å²) in [4.78, 5) is 36.1. The lowest BCUT2D eigenvalue weighted by Gasteiger charge is -2.25. The van der Waals surface area contributed by atoms with Gasteiger partial charge in [-0.25, -0.2) is 0 Å². The third kappa shape index (κ3) is 3.59. The van der Waals surface area contributed by atoms with Crippen LogP contribution in [0.25, 0.3) is 0 Å². The first kappa shape index (κ1) is 15.0. The van der Waals surface area contributed by atoms with Crippen molar-refractivity contribution in [3.63, 3.8) is 0 Å². The van der Waals surface area contributed by atoms with Crippen LogP contribution in [0, 0.1) is 5.92 Å². The number of carbonyl (C=O) groups is 3. The number of rotatable bonds is 5. The molecule has 21 heavy (non-hydrogen) atoms. The largest absolute Gasteiger partial charge is 0.455 e. The summed E-state index contributed by atoms with van der Waals surface area (Å²) in [7, 11) is 0. The number of carbonyl (C=O) groups excluding carboxylic acids is 3. The van der Waals surface area contributed by atoms with E-state index >= 15 is 0 Å². The van der Waals surface area contributed by atoms with Gasteiger partial charge < -0.3 is 15.4 Å². The van der Waals surface area contributed by atoms with Gasteiger partial charge in [0.1, 0.15) is 0 Å². The van der Waals surface area contributed by atoms with Crippen molar-refractivity contribution in [3.8, 4) is 0 Å². The molecule has 6 nitrogen and oxygen atoms in total. The fraction of sp³-hybridized carbons (Fsp3) is 0.400. The highest BCUT2D eigenvalue weighted by molar-refractivity contribution is 5.88. The monoisotopic (exact) mass is 290 g/mol. The highest BCUT2D eigenvalue weighted by Crippen LogP contribution is 2.28. The molecular weight excluding hydrogens is 272 g/mol. The van der Waals surface area contributed by atoms with Crippen molar-refractivity contribution in [2.45, 2.75) is 19.4 Å². The van der Waals surface area contributed by atoms with Gasteiger partial charge in [0.25, 0.3) is 5.91 Å². The lowest BCUT2D eigenvalue weighted by molar-refractivity contribution is -0.151. The van der Waals surface area contributed by atoms with E-state index in [0.29, 0.717) is 6.54 Å². The maximum Gasteiger partial charge on any atom is 0.311 e. The fourth-order valence-electron chi connectivity index (χ4n) is 2.44. The lowest BCUT2D eigenvalue weighted by Crippen LogP contribution is -2.30. The molecule has 0 spiro atoms. The van der Waals surface area contributed by atoms with E-state index in [2.05, 4.69) is 0 Å². The Hall–Kier alpha value is -2.37. The summed E-state index contributed by atoms with van der Waals surface area (Å²) in [6.07, 6.45) is 0.106. The minimum absolute atomic E-state index is 0.0904. The van der Waals surface area contributed by atoms with Crippen LogP contribution in [-0.4, -0.2) is 35.8 Å². The smallest absolute Gasteiger partial charge is 0.311 e. The standard InChI is InChI=1S/C15H18N2O4/c1-10(11-5-3-2-4-6-11)17-8-12(7-14(17)19)15(20)21-9-13(16)18/h2-6,10,12H,7-9H2,1H3,(H2,16,18)/t10-,12-/m0/s1. The van der Waals surface area contributed by atoms with Gasteiger partial charge >= 0.3 is 5.97 Å². The van der Waals surface area contributed by atoms with Gasteiger partial charge in [0, 0.05) is 13.0 Å². The molecule has 0 aromatic heterocycles. The molecule has 0 radical (unpaired) electrons. The van der Waals surface area contributed by atoms with Gasteiger partial charge in [-0.05, 0) is 12.5 Å². The molecule has 0 unspecified atom stereocenters. The van der Waals surface area contributed by atoms with Crippen LogP contribution in [0.3, 0.4) is 0 Å². The van der Waals surface area contributed by atoms with E-state index in [1.165, 1.54) is 0 Å². The topological polar surface area (TPSA) is 89.7 Å². The van der Waals surface area contributed by atoms with E-state index in [4.69, 9.17) is 10.5 Å². The first-order valence-electron chi connectivity index (χ1n) is 6.78. The molecule has 2 amide bonds. The van der Waals surface area contributed by atoms with Gasteiger partial charge in [-0.15, -0.1) is 0 Å². The van der Waals surface area contributed by atoms with E-state index in [-0.39, 0.29) is 18.4 Å². The molecule has 2 N–H and O–H groups in total. The van der Waals surface area contributed by atoms with E-state index in [9.17, 15) is 14.4 Å². The molecule has 0 bridgehead atoms. The lowest BCUT2D eigenvalue weighted by atomic mass is 10.1. The number of hydrogen-bond acceptors (Lipinski definition) is 4. The Balaban J connectivity index is 1.99. The van der Waals surface area contributed by atoms with Gasteiger partial charge in [0.15, 0.2) is 6.61 Å². The van der Waals surface area contributed by atoms with Crippen LogP contribution in [0.4, 0.5) is 0 Å². The minimum atomic E-state index is -0.706. The van der Waals surface area contributed by atoms with Crippen molar-refractivity contribution in [2.75, 3.05) is 13.2 Å². The number of ether oxygens (including phenoxy) is 1. The van der Waals surface area contributed by atoms with Crippen molar-refractivity contribution in [3.05, 3.63) is 35.9 Å². The average molecular weight is 290 g/mol. The zero-order valence-electron chi connectivity index (χ0n) is 11.8. The molecule has 0 aliphatic carbocycles. The summed E-state index contributed by atoms with van der Waals surface area (Å²) in [5, 5.41) is 0. The van der Waals surface area contributed by atoms with Crippen molar-refractivity contribution >= 4 is 17.8 Å². The van der Waals surface area contributed by atoms with Crippen LogP contribution >= 0.6 is 0 Å². The Morgan fingerprint density at radius 2 is 2.05 bits per heavy atom. The molecule has 0 saturated carbocycles. The molecule has 1 aliphatic rings. The number of hydrogen-bond donors (Lipinski definition) is 1. The SMILES string of the molecule is C[C@@H](c1ccccc1)N1C[C@@H](C(=O)OCC(N)=O)CC1=O. The molecule has 1 heterocycles. The summed E-state index contributed by atoms with van der Waals surface area (Å²) in [5.74, 6) is -1.89. The molecule has 2 rings (SSSR count). The van der Waals surface area contributed by atoms with E-state index in [0.717, 1.165) is 5.56 Å². The normalized spacial score (nSPS) is 19.4. The van der Waals surface area contributed by atoms with Crippen LogP contribution in [-0.2, 0) is 19.1 Å². The molecule has 2 atom stereocenters. The number of primary amides is 1. The molecular formula is C15H18N2O4. The van der Waals surface area contributed by atoms with Crippen molar-refractivity contribution < 1.29 is 19.1 Å². The van der Waals surface area contributed by atoms with Crippen molar-refractivity contribution in [2.24, 2.45) is 11.7 Å². The summed E-state index contributed by atoms with van der Waals surface area (Å²) in [6.45, 7) is 1.77. The van der Waals surface area contributed by atoms with E-state index < -0.39 is 24.4 Å². The average Bonchev–Trinajstić information content (AvgIpc) is 2.87. The Bertz CT molecular complexity index is 544. The maximum absolute atomic E-state index is 12.1. The Kier molecular flexibility index (Phi) is 4.57. The van der Waals surface area contributed by atoms with Crippen LogP contribution in [0.1, 0.15) is 24.9 Å². The second-order valence-corrected chi connectivity index (χ2v) is 5.11. The number of nitrogens with two attached hydrogens (primary N) is 1. The summed E-state index contributed by atoms with van der Waals surface area (Å²) in [5.41, 5.74) is 5.94. The second-order valence-electron chi connectivity index (χ2n) is 5.11. The summed E-state index contributed by atoms with van der Waals surface area (Å²) >= 11 is 0. The zero-order chi connectivity index (χ0) is 15.4. The second kappa shape index (κ2) is 6.39. The molecule has 1 saturated heterocycles. The molecule has 1 aromatic rings. The van der Waals surface area contributed by atoms with Crippen molar-refractivity contribution in [1.29, 1.82) is 0 Å². The number of esters is 1. The third-order valence-electron chi connectivity index (χ3n) is 3.60. The molecule has 1 aliphatic heterocycles. The molecule has 1 aromatic carbocycles. The van der Waals surface area contributed by atoms with Gasteiger partial charge in [-0.2, -0.15) is 0 Å². The Morgan fingerprint density at radius 1 is 1.38 bits per heavy atom. The van der Waals surface area contributed by atoms with E-state index in [1.807, 2.05) is 37.3 Å². The predicted octanol–water partition coefficient (Wildman–Crippen LogP) is 0.625. The predicted molar refractivity (Wildman–Crippen MR) is 74.8 cm³/mol. The quantitative estimate of drug-likeness (QED) is 0.805. The molecule has 112 valence electrons. The maximum atomic E-state index is 12.1. The Labute approximate surface area is 122 Å². The first-order valence-corrected chi connectivity index (χ1v) is 6.78. The third-order valence-corrected chi connectivity index (χ3v) is 3.60. The van der Waals surface area contributed by atoms with Crippen LogP contribution < -0.4 is 5.73 Å². The fourth-order valence-corrected chi connectivity index (χ4v) is 2.44. The number of amides is 2. The summed E-state index contributed by atoms with van der Waals surface area (Å²) < 4.78 is 4.78. The number of likely N-dealkylation sites (tertiary alicyclic amines) is 1. The molecule has 6 heteroatoms. The van der Waals surface area contributed by atoms with Crippen molar-refractivity contribution in [1.82, 2.24) is 4.90 Å².